The van der Waals surface area contributed by atoms with Crippen LogP contribution >= 0.6 is 0 Å². The van der Waals surface area contributed by atoms with Crippen molar-refractivity contribution in [1.29, 1.82) is 0 Å². The van der Waals surface area contributed by atoms with Crippen molar-refractivity contribution in [3.8, 4) is 11.1 Å². The lowest BCUT2D eigenvalue weighted by atomic mass is 9.75. The highest BCUT2D eigenvalue weighted by Crippen LogP contribution is 2.48. The zero-order chi connectivity index (χ0) is 21.3. The number of hydrogen-bond donors (Lipinski definition) is 1. The maximum atomic E-state index is 13.1. The summed E-state index contributed by atoms with van der Waals surface area (Å²) in [5.41, 5.74) is 5.50. The van der Waals surface area contributed by atoms with Crippen LogP contribution < -0.4 is 10.2 Å². The first-order valence-corrected chi connectivity index (χ1v) is 10.7. The summed E-state index contributed by atoms with van der Waals surface area (Å²) in [4.78, 5) is 26.1. The van der Waals surface area contributed by atoms with Gasteiger partial charge in [-0.15, -0.1) is 0 Å². The third-order valence-electron chi connectivity index (χ3n) is 6.34. The molecule has 0 bridgehead atoms. The van der Waals surface area contributed by atoms with Gasteiger partial charge in [0.05, 0.1) is 5.69 Å². The van der Waals surface area contributed by atoms with Crippen molar-refractivity contribution in [1.82, 2.24) is 15.1 Å². The number of nitrogens with one attached hydrogen (secondary N) is 1. The van der Waals surface area contributed by atoms with Gasteiger partial charge in [-0.05, 0) is 49.4 Å². The summed E-state index contributed by atoms with van der Waals surface area (Å²) in [6.45, 7) is 6.20. The predicted octanol–water partition coefficient (Wildman–Crippen LogP) is 2.71. The molecule has 1 saturated heterocycles. The van der Waals surface area contributed by atoms with Crippen molar-refractivity contribution >= 4 is 17.5 Å². The van der Waals surface area contributed by atoms with Gasteiger partial charge in [-0.1, -0.05) is 6.07 Å². The predicted molar refractivity (Wildman–Crippen MR) is 115 cm³/mol. The van der Waals surface area contributed by atoms with E-state index in [4.69, 9.17) is 4.74 Å². The molecule has 3 heterocycles. The van der Waals surface area contributed by atoms with Gasteiger partial charge in [-0.25, -0.2) is 0 Å². The maximum Gasteiger partial charge on any atom is 0.227 e. The fourth-order valence-electron chi connectivity index (χ4n) is 4.77. The van der Waals surface area contributed by atoms with Gasteiger partial charge in [0.15, 0.2) is 0 Å². The van der Waals surface area contributed by atoms with E-state index < -0.39 is 0 Å². The van der Waals surface area contributed by atoms with Gasteiger partial charge in [0.1, 0.15) is 0 Å². The van der Waals surface area contributed by atoms with E-state index in [1.807, 2.05) is 29.7 Å². The Morgan fingerprint density at radius 2 is 2.03 bits per heavy atom. The van der Waals surface area contributed by atoms with Gasteiger partial charge >= 0.3 is 0 Å². The van der Waals surface area contributed by atoms with Crippen LogP contribution in [0.25, 0.3) is 11.1 Å². The lowest BCUT2D eigenvalue weighted by Gasteiger charge is -2.34. The molecule has 2 aliphatic heterocycles. The molecule has 1 aromatic heterocycles. The molecule has 7 nitrogen and oxygen atoms in total. The van der Waals surface area contributed by atoms with E-state index >= 15 is 0 Å². The Labute approximate surface area is 177 Å². The number of ether oxygens (including phenoxy) is 1. The Kier molecular flexibility index (Phi) is 5.64. The number of rotatable bonds is 5. The SMILES string of the molecule is CC(=O)NCCCC(=O)N1CC2(CCOCC2)c2cc(-c3cn(C)nc3C)ccc21. The van der Waals surface area contributed by atoms with Gasteiger partial charge in [0.2, 0.25) is 11.8 Å². The molecule has 4 rings (SSSR count). The Bertz CT molecular complexity index is 959. The summed E-state index contributed by atoms with van der Waals surface area (Å²) in [5.74, 6) is 0.0589. The van der Waals surface area contributed by atoms with Gasteiger partial charge in [0.25, 0.3) is 0 Å². The molecule has 0 radical (unpaired) electrons. The van der Waals surface area contributed by atoms with Crippen LogP contribution in [-0.2, 0) is 26.8 Å². The molecule has 2 aromatic rings. The van der Waals surface area contributed by atoms with E-state index in [2.05, 4.69) is 28.6 Å². The van der Waals surface area contributed by atoms with Gasteiger partial charge in [-0.2, -0.15) is 5.10 Å². The van der Waals surface area contributed by atoms with Crippen LogP contribution in [0.4, 0.5) is 5.69 Å². The van der Waals surface area contributed by atoms with Crippen LogP contribution in [0.15, 0.2) is 24.4 Å². The van der Waals surface area contributed by atoms with Crippen molar-refractivity contribution in [3.63, 3.8) is 0 Å². The first kappa shape index (κ1) is 20.6. The Balaban J connectivity index is 1.63. The minimum atomic E-state index is -0.0617. The number of carbonyl (C=O) groups is 2. The number of anilines is 1. The van der Waals surface area contributed by atoms with Gasteiger partial charge in [-0.3, -0.25) is 14.3 Å². The monoisotopic (exact) mass is 410 g/mol. The summed E-state index contributed by atoms with van der Waals surface area (Å²) in [7, 11) is 1.94. The zero-order valence-corrected chi connectivity index (χ0v) is 18.0. The highest BCUT2D eigenvalue weighted by molar-refractivity contribution is 5.97. The summed E-state index contributed by atoms with van der Waals surface area (Å²) in [6, 6.07) is 6.45. The zero-order valence-electron chi connectivity index (χ0n) is 18.0. The third kappa shape index (κ3) is 3.86. The second kappa shape index (κ2) is 8.22. The van der Waals surface area contributed by atoms with Crippen LogP contribution in [0, 0.1) is 6.92 Å². The first-order chi connectivity index (χ1) is 14.4. The first-order valence-electron chi connectivity index (χ1n) is 10.7. The quantitative estimate of drug-likeness (QED) is 0.769. The Hall–Kier alpha value is -2.67. The second-order valence-electron chi connectivity index (χ2n) is 8.49. The average Bonchev–Trinajstić information content (AvgIpc) is 3.22. The number of aromatic nitrogens is 2. The molecule has 1 aromatic carbocycles. The van der Waals surface area contributed by atoms with E-state index in [9.17, 15) is 9.59 Å². The van der Waals surface area contributed by atoms with Crippen LogP contribution in [0.3, 0.4) is 0 Å². The second-order valence-corrected chi connectivity index (χ2v) is 8.49. The lowest BCUT2D eigenvalue weighted by Crippen LogP contribution is -2.40. The smallest absolute Gasteiger partial charge is 0.227 e. The van der Waals surface area contributed by atoms with E-state index in [0.717, 1.165) is 48.6 Å². The summed E-state index contributed by atoms with van der Waals surface area (Å²) in [5, 5.41) is 7.25. The van der Waals surface area contributed by atoms with Crippen molar-refractivity contribution in [2.75, 3.05) is 31.2 Å². The number of nitrogens with zero attached hydrogens (tertiary/aromatic N) is 3. The van der Waals surface area contributed by atoms with Gasteiger partial charge < -0.3 is 15.0 Å². The number of hydrogen-bond acceptors (Lipinski definition) is 4. The van der Waals surface area contributed by atoms with Crippen molar-refractivity contribution in [2.45, 2.75) is 44.9 Å². The molecule has 1 fully saturated rings. The molecule has 0 saturated carbocycles. The fourth-order valence-corrected chi connectivity index (χ4v) is 4.77. The third-order valence-corrected chi connectivity index (χ3v) is 6.34. The molecule has 1 N–H and O–H groups in total. The molecule has 2 aliphatic rings. The molecule has 2 amide bonds. The van der Waals surface area contributed by atoms with E-state index in [1.165, 1.54) is 12.5 Å². The summed E-state index contributed by atoms with van der Waals surface area (Å²) < 4.78 is 7.49. The molecular weight excluding hydrogens is 380 g/mol. The topological polar surface area (TPSA) is 76.5 Å². The van der Waals surface area contributed by atoms with E-state index in [0.29, 0.717) is 25.9 Å². The largest absolute Gasteiger partial charge is 0.381 e. The number of aryl methyl sites for hydroxylation is 2. The molecule has 0 unspecified atom stereocenters. The Morgan fingerprint density at radius 1 is 1.27 bits per heavy atom. The molecule has 0 atom stereocenters. The lowest BCUT2D eigenvalue weighted by molar-refractivity contribution is -0.120. The minimum Gasteiger partial charge on any atom is -0.381 e. The van der Waals surface area contributed by atoms with Crippen molar-refractivity contribution < 1.29 is 14.3 Å². The molecule has 1 spiro atoms. The standard InChI is InChI=1S/C23H30N4O3/c1-16-19(14-26(3)25-16)18-6-7-21-20(13-18)23(8-11-30-12-9-23)15-27(21)22(29)5-4-10-24-17(2)28/h6-7,13-14H,4-5,8-12,15H2,1-3H3,(H,24,28). The Morgan fingerprint density at radius 3 is 2.70 bits per heavy atom. The van der Waals surface area contributed by atoms with E-state index in [1.54, 1.807) is 0 Å². The van der Waals surface area contributed by atoms with Crippen LogP contribution in [-0.4, -0.2) is 47.9 Å². The number of benzene rings is 1. The molecule has 30 heavy (non-hydrogen) atoms. The van der Waals surface area contributed by atoms with Crippen LogP contribution in [0.1, 0.15) is 43.9 Å². The minimum absolute atomic E-state index is 0.0486. The average molecular weight is 411 g/mol. The summed E-state index contributed by atoms with van der Waals surface area (Å²) in [6.07, 6.45) is 4.97. The highest BCUT2D eigenvalue weighted by Gasteiger charge is 2.45. The number of amides is 2. The van der Waals surface area contributed by atoms with Crippen LogP contribution in [0.5, 0.6) is 0 Å². The number of fused-ring (bicyclic) bond motifs is 2. The molecule has 7 heteroatoms. The van der Waals surface area contributed by atoms with Crippen molar-refractivity contribution in [3.05, 3.63) is 35.7 Å². The maximum absolute atomic E-state index is 13.1. The van der Waals surface area contributed by atoms with E-state index in [-0.39, 0.29) is 17.2 Å². The van der Waals surface area contributed by atoms with Crippen molar-refractivity contribution in [2.24, 2.45) is 7.05 Å². The summed E-state index contributed by atoms with van der Waals surface area (Å²) >= 11 is 0. The normalized spacial score (nSPS) is 17.2. The van der Waals surface area contributed by atoms with Crippen LogP contribution in [0.2, 0.25) is 0 Å². The number of carbonyl (C=O) groups excluding carboxylic acids is 2. The van der Waals surface area contributed by atoms with Gasteiger partial charge in [0, 0.05) is 69.6 Å². The molecular formula is C23H30N4O3. The highest BCUT2D eigenvalue weighted by atomic mass is 16.5. The molecule has 160 valence electrons. The fraction of sp³-hybridized carbons (Fsp3) is 0.522. The molecule has 0 aliphatic carbocycles.